The summed E-state index contributed by atoms with van der Waals surface area (Å²) in [6.45, 7) is 0.493. The molecule has 0 aliphatic heterocycles. The van der Waals surface area contributed by atoms with Gasteiger partial charge in [-0.2, -0.15) is 0 Å². The average molecular weight is 755 g/mol. The fraction of sp³-hybridized carbons (Fsp3) is 0.111. The van der Waals surface area contributed by atoms with Crippen molar-refractivity contribution in [3.8, 4) is 5.30 Å². The lowest BCUT2D eigenvalue weighted by Crippen LogP contribution is -2.70. The minimum atomic E-state index is -5.37. The molecule has 2 unspecified atom stereocenters. The number of hydrogen-bond acceptors (Lipinski definition) is 0. The highest BCUT2D eigenvalue weighted by Crippen LogP contribution is 3.13. The summed E-state index contributed by atoms with van der Waals surface area (Å²) in [5.74, 6) is -49.3. The maximum Gasteiger partial charge on any atom is 0.200 e. The molecule has 0 nitrogen and oxygen atoms in total. The Balaban J connectivity index is 1.93. The summed E-state index contributed by atoms with van der Waals surface area (Å²) < 4.78 is 226. The predicted molar refractivity (Wildman–Crippen MR) is 151 cm³/mol. The van der Waals surface area contributed by atoms with Gasteiger partial charge in [0.1, 0.15) is 34.9 Å². The number of rotatable bonds is 5. The van der Waals surface area contributed by atoms with Crippen LogP contribution in [0.2, 0.25) is 0 Å². The summed E-state index contributed by atoms with van der Waals surface area (Å²) in [5, 5.41) is 0.596. The van der Waals surface area contributed by atoms with Gasteiger partial charge in [0.2, 0.25) is 0 Å². The highest BCUT2D eigenvalue weighted by atomic mass is 33.1. The van der Waals surface area contributed by atoms with Crippen molar-refractivity contribution in [1.82, 2.24) is 0 Å². The van der Waals surface area contributed by atoms with Crippen LogP contribution in [0.3, 0.4) is 0 Å². The molecule has 6 aromatic rings. The molecule has 248 valence electrons. The fourth-order valence-electron chi connectivity index (χ4n) is 6.10. The molecule has 47 heavy (non-hydrogen) atoms. The van der Waals surface area contributed by atoms with Crippen LogP contribution < -0.4 is 16.4 Å². The van der Waals surface area contributed by atoms with Gasteiger partial charge in [-0.05, 0) is 38.8 Å². The monoisotopic (exact) mass is 755 g/mol. The van der Waals surface area contributed by atoms with Gasteiger partial charge in [0.15, 0.2) is 58.2 Å². The third kappa shape index (κ3) is 4.37. The average Bonchev–Trinajstić information content (AvgIpc) is 3.93. The van der Waals surface area contributed by atoms with Gasteiger partial charge in [-0.25, -0.2) is 72.6 Å². The highest BCUT2D eigenvalue weighted by Gasteiger charge is 2.55. The molecule has 0 saturated heterocycles. The Morgan fingerprint density at radius 3 is 0.872 bits per heavy atom. The van der Waals surface area contributed by atoms with E-state index in [9.17, 15) is 39.5 Å². The van der Waals surface area contributed by atoms with Gasteiger partial charge in [0.25, 0.3) is 0 Å². The second kappa shape index (κ2) is 11.1. The van der Waals surface area contributed by atoms with E-state index in [1.54, 1.807) is 32.9 Å². The summed E-state index contributed by atoms with van der Waals surface area (Å²) in [5.41, 5.74) is -5.37. The van der Waals surface area contributed by atoms with E-state index in [4.69, 9.17) is 0 Å². The Labute approximate surface area is 256 Å². The zero-order valence-electron chi connectivity index (χ0n) is 23.2. The van der Waals surface area contributed by atoms with Gasteiger partial charge in [-0.3, -0.25) is 0 Å². The number of benzene rings is 4. The normalized spacial score (nSPS) is 14.0. The van der Waals surface area contributed by atoms with Crippen LogP contribution in [0.25, 0.3) is 5.30 Å². The highest BCUT2D eigenvalue weighted by molar-refractivity contribution is 9.13. The maximum atomic E-state index is 15.8. The summed E-state index contributed by atoms with van der Waals surface area (Å²) in [6.07, 6.45) is -3.91. The lowest BCUT2D eigenvalue weighted by molar-refractivity contribution is 0.380. The molecule has 0 aliphatic rings. The van der Waals surface area contributed by atoms with E-state index in [1.165, 1.54) is 0 Å². The molecular weight excluding hydrogens is 744 g/mol. The van der Waals surface area contributed by atoms with Gasteiger partial charge in [-0.1, -0.05) is 30.4 Å². The molecule has 0 radical (unpaired) electrons. The molecule has 6 rings (SSSR count). The first-order valence-electron chi connectivity index (χ1n) is 12.8. The Bertz CT molecular complexity index is 2010. The molecule has 0 fully saturated rings. The number of aryl methyl sites for hydroxylation is 3. The van der Waals surface area contributed by atoms with Crippen molar-refractivity contribution in [3.63, 3.8) is 0 Å². The molecule has 0 N–H and O–H groups in total. The number of fused-ring (bicyclic) bond motifs is 1. The van der Waals surface area contributed by atoms with E-state index in [0.717, 1.165) is 5.56 Å². The number of halogens is 15. The van der Waals surface area contributed by atoms with Crippen molar-refractivity contribution < 1.29 is 65.9 Å². The molecule has 0 spiro atoms. The minimum absolute atomic E-state index is 0.596. The van der Waals surface area contributed by atoms with Crippen molar-refractivity contribution in [1.29, 1.82) is 0 Å². The fourth-order valence-corrected chi connectivity index (χ4v) is 64.0. The van der Waals surface area contributed by atoms with Crippen molar-refractivity contribution in [2.75, 3.05) is 0 Å². The molecule has 0 bridgehead atoms. The molecule has 0 saturated carbocycles. The molecule has 2 heterocycles. The molecular formula is C27H11BF15P4-. The predicted octanol–water partition coefficient (Wildman–Crippen LogP) is 10.3. The molecule has 2 atom stereocenters. The van der Waals surface area contributed by atoms with Crippen molar-refractivity contribution in [2.24, 2.45) is 0 Å². The lowest BCUT2D eigenvalue weighted by atomic mass is 9.33. The molecule has 0 aliphatic carbocycles. The summed E-state index contributed by atoms with van der Waals surface area (Å²) in [6, 6.07) is 3.38. The zero-order valence-corrected chi connectivity index (χ0v) is 26.8. The molecule has 20 heteroatoms. The van der Waals surface area contributed by atoms with Crippen LogP contribution in [0.1, 0.15) is 16.7 Å². The summed E-state index contributed by atoms with van der Waals surface area (Å²) in [7, 11) is 0. The Morgan fingerprint density at radius 1 is 0.383 bits per heavy atom. The smallest absolute Gasteiger partial charge is 0.200 e. The van der Waals surface area contributed by atoms with Crippen molar-refractivity contribution in [3.05, 3.63) is 116 Å². The third-order valence-electron chi connectivity index (χ3n) is 7.97. The Kier molecular flexibility index (Phi) is 7.99. The minimum Gasteiger partial charge on any atom is -0.215 e. The van der Waals surface area contributed by atoms with Gasteiger partial charge < -0.3 is 0 Å². The summed E-state index contributed by atoms with van der Waals surface area (Å²) >= 11 is 0. The SMILES string of the molecule is Cc1cc(C)c(-p2p3p([B-](c4c(F)c(F)c(F)c(F)c4F)(c4c(F)c(F)c(F)c(F)c4F)c4c(F)c(F)c(F)c(F)c4F)p23)c(C)c1. The van der Waals surface area contributed by atoms with Crippen LogP contribution in [0, 0.1) is 108 Å². The second-order valence-electron chi connectivity index (χ2n) is 10.7. The van der Waals surface area contributed by atoms with E-state index in [0.29, 0.717) is 16.4 Å². The Hall–Kier alpha value is -2.91. The quantitative estimate of drug-likeness (QED) is 0.0712. The number of hydrogen-bond donors (Lipinski definition) is 0. The van der Waals surface area contributed by atoms with Gasteiger partial charge in [0.05, 0.1) is 0 Å². The zero-order chi connectivity index (χ0) is 34.9. The van der Waals surface area contributed by atoms with Crippen LogP contribution in [0.4, 0.5) is 65.9 Å². The second-order valence-corrected chi connectivity index (χ2v) is 33.9. The van der Waals surface area contributed by atoms with Crippen molar-refractivity contribution in [2.45, 2.75) is 20.8 Å². The van der Waals surface area contributed by atoms with Crippen LogP contribution in [-0.4, -0.2) is 5.87 Å². The van der Waals surface area contributed by atoms with Crippen LogP contribution in [-0.2, 0) is 0 Å². The van der Waals surface area contributed by atoms with E-state index < -0.39 is 136 Å². The first-order chi connectivity index (χ1) is 21.8. The first kappa shape index (κ1) is 34.0. The van der Waals surface area contributed by atoms with E-state index >= 15 is 26.3 Å². The van der Waals surface area contributed by atoms with Crippen LogP contribution in [0.5, 0.6) is 0 Å². The third-order valence-corrected chi connectivity index (χ3v) is 47.7. The molecule has 4 aromatic carbocycles. The van der Waals surface area contributed by atoms with Crippen LogP contribution >= 0.6 is 26.4 Å². The topological polar surface area (TPSA) is 0 Å². The summed E-state index contributed by atoms with van der Waals surface area (Å²) in [4.78, 5) is 0. The first-order valence-corrected chi connectivity index (χ1v) is 21.8. The lowest BCUT2D eigenvalue weighted by Gasteiger charge is -2.42. The maximum absolute atomic E-state index is 15.8. The van der Waals surface area contributed by atoms with Gasteiger partial charge in [-0.15, -0.1) is 16.4 Å². The van der Waals surface area contributed by atoms with Crippen molar-refractivity contribution >= 4 is 48.6 Å². The van der Waals surface area contributed by atoms with E-state index in [-0.39, 0.29) is 0 Å². The van der Waals surface area contributed by atoms with Gasteiger partial charge in [0, 0.05) is 5.30 Å². The standard InChI is InChI=1S/C27H11BF15P4/c1-6-4-7(2)27(8(3)5-6)44-46-45(47(44)46)28(9-12(29)18(35)24(41)19(36)13(9)30,10-14(31)20(37)25(42)21(38)15(10)32)11-16(33)22(39)26(43)23(40)17(11)34/h4-5H,1-3H3/q-1. The largest absolute Gasteiger partial charge is 0.215 e. The van der Waals surface area contributed by atoms with E-state index in [2.05, 4.69) is 0 Å². The van der Waals surface area contributed by atoms with Gasteiger partial charge >= 0.3 is 0 Å². The molecule has 0 amide bonds. The van der Waals surface area contributed by atoms with E-state index in [1.807, 2.05) is 0 Å². The van der Waals surface area contributed by atoms with Crippen LogP contribution in [0.15, 0.2) is 12.1 Å². The Morgan fingerprint density at radius 2 is 0.617 bits per heavy atom. The molecule has 2 aromatic heterocycles.